The van der Waals surface area contributed by atoms with Gasteiger partial charge in [0.25, 0.3) is 0 Å². The third kappa shape index (κ3) is 4.95. The minimum absolute atomic E-state index is 0.229. The van der Waals surface area contributed by atoms with Crippen LogP contribution in [0.4, 0.5) is 0 Å². The SMILES string of the molecule is CC/C=C(\C)C(=O)N(CC(=O)O)Cc1ccccc1. The van der Waals surface area contributed by atoms with Crippen molar-refractivity contribution in [2.75, 3.05) is 6.54 Å². The van der Waals surface area contributed by atoms with Gasteiger partial charge >= 0.3 is 5.97 Å². The van der Waals surface area contributed by atoms with Crippen LogP contribution in [0.15, 0.2) is 42.0 Å². The molecule has 1 aromatic carbocycles. The molecular weight excluding hydrogens is 242 g/mol. The van der Waals surface area contributed by atoms with Gasteiger partial charge in [-0.2, -0.15) is 0 Å². The Hall–Kier alpha value is -2.10. The highest BCUT2D eigenvalue weighted by molar-refractivity contribution is 5.94. The molecule has 102 valence electrons. The quantitative estimate of drug-likeness (QED) is 0.800. The fraction of sp³-hybridized carbons (Fsp3) is 0.333. The van der Waals surface area contributed by atoms with Gasteiger partial charge in [0.1, 0.15) is 6.54 Å². The Labute approximate surface area is 113 Å². The van der Waals surface area contributed by atoms with Gasteiger partial charge in [-0.05, 0) is 18.9 Å². The lowest BCUT2D eigenvalue weighted by Crippen LogP contribution is -2.35. The summed E-state index contributed by atoms with van der Waals surface area (Å²) >= 11 is 0. The van der Waals surface area contributed by atoms with E-state index in [1.807, 2.05) is 43.3 Å². The summed E-state index contributed by atoms with van der Waals surface area (Å²) in [5.41, 5.74) is 1.50. The van der Waals surface area contributed by atoms with Crippen molar-refractivity contribution >= 4 is 11.9 Å². The summed E-state index contributed by atoms with van der Waals surface area (Å²) in [4.78, 5) is 24.4. The highest BCUT2D eigenvalue weighted by Gasteiger charge is 2.18. The van der Waals surface area contributed by atoms with Gasteiger partial charge in [-0.3, -0.25) is 9.59 Å². The second-order valence-corrected chi connectivity index (χ2v) is 4.34. The average molecular weight is 261 g/mol. The molecule has 0 saturated heterocycles. The van der Waals surface area contributed by atoms with E-state index in [-0.39, 0.29) is 12.5 Å². The van der Waals surface area contributed by atoms with E-state index in [2.05, 4.69) is 0 Å². The first kappa shape index (κ1) is 15.0. The van der Waals surface area contributed by atoms with E-state index in [0.717, 1.165) is 12.0 Å². The standard InChI is InChI=1S/C15H19NO3/c1-3-7-12(2)15(19)16(11-14(17)18)10-13-8-5-4-6-9-13/h4-9H,3,10-11H2,1-2H3,(H,17,18)/b12-7+. The number of carboxylic acids is 1. The Morgan fingerprint density at radius 3 is 2.42 bits per heavy atom. The van der Waals surface area contributed by atoms with Crippen molar-refractivity contribution in [2.24, 2.45) is 0 Å². The Bertz CT molecular complexity index is 466. The number of amides is 1. The minimum Gasteiger partial charge on any atom is -0.480 e. The summed E-state index contributed by atoms with van der Waals surface area (Å²) in [5.74, 6) is -1.23. The van der Waals surface area contributed by atoms with Crippen LogP contribution in [-0.2, 0) is 16.1 Å². The van der Waals surface area contributed by atoms with Crippen molar-refractivity contribution in [2.45, 2.75) is 26.8 Å². The number of carbonyl (C=O) groups is 2. The minimum atomic E-state index is -1.01. The molecule has 4 nitrogen and oxygen atoms in total. The van der Waals surface area contributed by atoms with Crippen molar-refractivity contribution in [3.05, 3.63) is 47.5 Å². The monoisotopic (exact) mass is 261 g/mol. The summed E-state index contributed by atoms with van der Waals surface area (Å²) in [6.07, 6.45) is 2.56. The molecule has 4 heteroatoms. The molecular formula is C15H19NO3. The molecule has 0 saturated carbocycles. The van der Waals surface area contributed by atoms with Crippen LogP contribution in [0.2, 0.25) is 0 Å². The van der Waals surface area contributed by atoms with Crippen LogP contribution in [0.3, 0.4) is 0 Å². The molecule has 1 amide bonds. The molecule has 0 spiro atoms. The number of aliphatic carboxylic acids is 1. The van der Waals surface area contributed by atoms with E-state index in [1.54, 1.807) is 6.92 Å². The number of hydrogen-bond donors (Lipinski definition) is 1. The van der Waals surface area contributed by atoms with E-state index in [4.69, 9.17) is 5.11 Å². The van der Waals surface area contributed by atoms with E-state index in [0.29, 0.717) is 12.1 Å². The highest BCUT2D eigenvalue weighted by Crippen LogP contribution is 2.09. The molecule has 0 unspecified atom stereocenters. The molecule has 0 aliphatic rings. The van der Waals surface area contributed by atoms with Gasteiger partial charge in [-0.1, -0.05) is 43.3 Å². The van der Waals surface area contributed by atoms with E-state index in [1.165, 1.54) is 4.90 Å². The molecule has 1 rings (SSSR count). The lowest BCUT2D eigenvalue weighted by Gasteiger charge is -2.21. The van der Waals surface area contributed by atoms with Crippen LogP contribution in [-0.4, -0.2) is 28.4 Å². The van der Waals surface area contributed by atoms with E-state index in [9.17, 15) is 9.59 Å². The number of hydrogen-bond acceptors (Lipinski definition) is 2. The fourth-order valence-electron chi connectivity index (χ4n) is 1.81. The summed E-state index contributed by atoms with van der Waals surface area (Å²) in [5, 5.41) is 8.91. The second-order valence-electron chi connectivity index (χ2n) is 4.34. The third-order valence-electron chi connectivity index (χ3n) is 2.68. The summed E-state index contributed by atoms with van der Waals surface area (Å²) < 4.78 is 0. The van der Waals surface area contributed by atoms with Gasteiger partial charge in [-0.15, -0.1) is 0 Å². The number of carbonyl (C=O) groups excluding carboxylic acids is 1. The maximum absolute atomic E-state index is 12.2. The normalized spacial score (nSPS) is 11.2. The lowest BCUT2D eigenvalue weighted by atomic mass is 10.1. The van der Waals surface area contributed by atoms with Gasteiger partial charge in [0, 0.05) is 12.1 Å². The molecule has 0 bridgehead atoms. The fourth-order valence-corrected chi connectivity index (χ4v) is 1.81. The largest absolute Gasteiger partial charge is 0.480 e. The Morgan fingerprint density at radius 2 is 1.89 bits per heavy atom. The molecule has 0 fully saturated rings. The van der Waals surface area contributed by atoms with Gasteiger partial charge in [0.2, 0.25) is 5.91 Å². The van der Waals surface area contributed by atoms with E-state index < -0.39 is 5.97 Å². The van der Waals surface area contributed by atoms with E-state index >= 15 is 0 Å². The number of allylic oxidation sites excluding steroid dienone is 1. The first-order valence-corrected chi connectivity index (χ1v) is 6.26. The van der Waals surface area contributed by atoms with Crippen molar-refractivity contribution < 1.29 is 14.7 Å². The topological polar surface area (TPSA) is 57.6 Å². The van der Waals surface area contributed by atoms with Gasteiger partial charge in [-0.25, -0.2) is 0 Å². The smallest absolute Gasteiger partial charge is 0.323 e. The highest BCUT2D eigenvalue weighted by atomic mass is 16.4. The van der Waals surface area contributed by atoms with Crippen LogP contribution in [0.1, 0.15) is 25.8 Å². The molecule has 0 radical (unpaired) electrons. The summed E-state index contributed by atoms with van der Waals surface area (Å²) in [6.45, 7) is 3.67. The van der Waals surface area contributed by atoms with Crippen molar-refractivity contribution in [1.29, 1.82) is 0 Å². The number of benzene rings is 1. The molecule has 19 heavy (non-hydrogen) atoms. The maximum Gasteiger partial charge on any atom is 0.323 e. The average Bonchev–Trinajstić information content (AvgIpc) is 2.38. The first-order chi connectivity index (χ1) is 9.04. The molecule has 0 aromatic heterocycles. The zero-order chi connectivity index (χ0) is 14.3. The summed E-state index contributed by atoms with van der Waals surface area (Å²) in [6, 6.07) is 9.37. The number of nitrogens with zero attached hydrogens (tertiary/aromatic N) is 1. The number of rotatable bonds is 6. The molecule has 0 heterocycles. The molecule has 0 atom stereocenters. The van der Waals surface area contributed by atoms with Gasteiger partial charge in [0.05, 0.1) is 0 Å². The number of carboxylic acid groups (broad SMARTS) is 1. The van der Waals surface area contributed by atoms with Gasteiger partial charge in [0.15, 0.2) is 0 Å². The van der Waals surface area contributed by atoms with Crippen LogP contribution < -0.4 is 0 Å². The lowest BCUT2D eigenvalue weighted by molar-refractivity contribution is -0.143. The van der Waals surface area contributed by atoms with Crippen LogP contribution in [0.5, 0.6) is 0 Å². The van der Waals surface area contributed by atoms with Gasteiger partial charge < -0.3 is 10.0 Å². The molecule has 0 aliphatic carbocycles. The van der Waals surface area contributed by atoms with Crippen molar-refractivity contribution in [1.82, 2.24) is 4.90 Å². The third-order valence-corrected chi connectivity index (χ3v) is 2.68. The molecule has 1 aromatic rings. The Balaban J connectivity index is 2.86. The predicted molar refractivity (Wildman–Crippen MR) is 73.5 cm³/mol. The van der Waals surface area contributed by atoms with Crippen LogP contribution in [0, 0.1) is 0 Å². The zero-order valence-corrected chi connectivity index (χ0v) is 11.3. The second kappa shape index (κ2) is 7.36. The first-order valence-electron chi connectivity index (χ1n) is 6.26. The van der Waals surface area contributed by atoms with Crippen molar-refractivity contribution in [3.63, 3.8) is 0 Å². The molecule has 0 aliphatic heterocycles. The van der Waals surface area contributed by atoms with Crippen LogP contribution in [0.25, 0.3) is 0 Å². The van der Waals surface area contributed by atoms with Crippen molar-refractivity contribution in [3.8, 4) is 0 Å². The molecule has 1 N–H and O–H groups in total. The Morgan fingerprint density at radius 1 is 1.26 bits per heavy atom. The predicted octanol–water partition coefficient (Wildman–Crippen LogP) is 2.46. The zero-order valence-electron chi connectivity index (χ0n) is 11.3. The Kier molecular flexibility index (Phi) is 5.79. The van der Waals surface area contributed by atoms with Crippen LogP contribution >= 0.6 is 0 Å². The maximum atomic E-state index is 12.2. The summed E-state index contributed by atoms with van der Waals surface area (Å²) in [7, 11) is 0.